The zero-order chi connectivity index (χ0) is 20.4. The topological polar surface area (TPSA) is 65.4 Å². The summed E-state index contributed by atoms with van der Waals surface area (Å²) in [6, 6.07) is 1.49. The van der Waals surface area contributed by atoms with E-state index in [0.717, 1.165) is 39.3 Å². The van der Waals surface area contributed by atoms with E-state index in [1.54, 1.807) is 37.6 Å². The van der Waals surface area contributed by atoms with Crippen LogP contribution in [0.2, 0.25) is 0 Å². The van der Waals surface area contributed by atoms with Crippen molar-refractivity contribution in [2.45, 2.75) is 40.0 Å². The summed E-state index contributed by atoms with van der Waals surface area (Å²) in [5.41, 5.74) is 2.96. The number of carbonyl (C=O) groups excluding carboxylic acids is 2. The van der Waals surface area contributed by atoms with Gasteiger partial charge in [0.25, 0.3) is 5.56 Å². The summed E-state index contributed by atoms with van der Waals surface area (Å²) in [5.74, 6) is 0.203. The molecular weight excluding hydrogens is 374 g/mol. The van der Waals surface area contributed by atoms with Crippen molar-refractivity contribution in [2.24, 2.45) is 13.0 Å². The Labute approximate surface area is 168 Å². The van der Waals surface area contributed by atoms with Crippen LogP contribution in [-0.2, 0) is 16.6 Å². The number of nitrogens with zero attached hydrogens (tertiary/aromatic N) is 1. The Bertz CT molecular complexity index is 1010. The molecule has 1 aliphatic carbocycles. The molecule has 1 aliphatic rings. The van der Waals surface area contributed by atoms with Crippen molar-refractivity contribution in [3.63, 3.8) is 0 Å². The molecule has 2 aromatic rings. The molecule has 0 spiro atoms. The number of thiophene rings is 1. The van der Waals surface area contributed by atoms with Gasteiger partial charge in [0.05, 0.1) is 6.61 Å². The van der Waals surface area contributed by atoms with Crippen molar-refractivity contribution in [2.75, 3.05) is 6.61 Å². The van der Waals surface area contributed by atoms with Gasteiger partial charge in [-0.2, -0.15) is 0 Å². The lowest BCUT2D eigenvalue weighted by Crippen LogP contribution is -2.16. The van der Waals surface area contributed by atoms with Crippen LogP contribution in [0.5, 0.6) is 0 Å². The molecule has 0 amide bonds. The lowest BCUT2D eigenvalue weighted by molar-refractivity contribution is -0.137. The molecule has 0 bridgehead atoms. The third kappa shape index (κ3) is 4.33. The fraction of sp³-hybridized carbons (Fsp3) is 0.409. The summed E-state index contributed by atoms with van der Waals surface area (Å²) in [7, 11) is 1.68. The van der Waals surface area contributed by atoms with Gasteiger partial charge in [-0.05, 0) is 56.7 Å². The number of hydrogen-bond donors (Lipinski definition) is 0. The molecule has 1 fully saturated rings. The van der Waals surface area contributed by atoms with Crippen LogP contribution in [0.15, 0.2) is 23.1 Å². The largest absolute Gasteiger partial charge is 0.463 e. The summed E-state index contributed by atoms with van der Waals surface area (Å²) in [4.78, 5) is 38.9. The van der Waals surface area contributed by atoms with E-state index in [4.69, 9.17) is 4.74 Å². The van der Waals surface area contributed by atoms with Gasteiger partial charge in [0.1, 0.15) is 0 Å². The Morgan fingerprint density at radius 3 is 2.68 bits per heavy atom. The van der Waals surface area contributed by atoms with Crippen molar-refractivity contribution in [1.29, 1.82) is 0 Å². The molecule has 0 N–H and O–H groups in total. The smallest absolute Gasteiger partial charge is 0.330 e. The number of Topliss-reactive ketones (excluding diaryl/α,β-unsaturated/α-hetero) is 1. The molecule has 2 aromatic heterocycles. The van der Waals surface area contributed by atoms with Crippen LogP contribution in [0, 0.1) is 19.8 Å². The first-order valence-electron chi connectivity index (χ1n) is 9.50. The normalized spacial score (nSPS) is 13.9. The summed E-state index contributed by atoms with van der Waals surface area (Å²) in [5, 5.41) is 0. The second-order valence-electron chi connectivity index (χ2n) is 7.24. The predicted octanol–water partition coefficient (Wildman–Crippen LogP) is 4.29. The minimum absolute atomic E-state index is 0.161. The second-order valence-corrected chi connectivity index (χ2v) is 8.46. The number of aryl methyl sites for hydroxylation is 2. The first-order valence-corrected chi connectivity index (χ1v) is 10.3. The summed E-state index contributed by atoms with van der Waals surface area (Å²) in [6.07, 6.45) is 7.47. The van der Waals surface area contributed by atoms with Gasteiger partial charge in [0.15, 0.2) is 5.78 Å². The third-order valence-electron chi connectivity index (χ3n) is 5.03. The lowest BCUT2D eigenvalue weighted by atomic mass is 9.97. The Hall–Kier alpha value is -2.47. The highest BCUT2D eigenvalue weighted by Crippen LogP contribution is 2.41. The first-order chi connectivity index (χ1) is 13.3. The predicted molar refractivity (Wildman–Crippen MR) is 112 cm³/mol. The van der Waals surface area contributed by atoms with Crippen molar-refractivity contribution in [1.82, 2.24) is 4.57 Å². The molecule has 1 saturated carbocycles. The standard InChI is InChI=1S/C22H25NO4S/c1-5-27-20(26)9-8-16-11-19(25)23(4)12-17(16)22-21(13(2)14(3)28-22)18(24)10-15-6-7-15/h8-9,11-12,15H,5-7,10H2,1-4H3/b9-8+. The van der Waals surface area contributed by atoms with Crippen molar-refractivity contribution in [3.05, 3.63) is 50.3 Å². The monoisotopic (exact) mass is 399 g/mol. The van der Waals surface area contributed by atoms with E-state index in [1.165, 1.54) is 16.7 Å². The van der Waals surface area contributed by atoms with Gasteiger partial charge in [0.2, 0.25) is 0 Å². The van der Waals surface area contributed by atoms with E-state index in [-0.39, 0.29) is 17.9 Å². The van der Waals surface area contributed by atoms with E-state index >= 15 is 0 Å². The fourth-order valence-corrected chi connectivity index (χ4v) is 4.37. The summed E-state index contributed by atoms with van der Waals surface area (Å²) < 4.78 is 6.44. The molecular formula is C22H25NO4S. The number of aromatic nitrogens is 1. The third-order valence-corrected chi connectivity index (χ3v) is 6.27. The van der Waals surface area contributed by atoms with Crippen LogP contribution in [0.4, 0.5) is 0 Å². The quantitative estimate of drug-likeness (QED) is 0.396. The van der Waals surface area contributed by atoms with Gasteiger partial charge >= 0.3 is 5.97 Å². The molecule has 6 heteroatoms. The average Bonchev–Trinajstić information content (AvgIpc) is 3.40. The molecule has 0 aromatic carbocycles. The highest BCUT2D eigenvalue weighted by atomic mass is 32.1. The van der Waals surface area contributed by atoms with Crippen molar-refractivity contribution in [3.8, 4) is 10.4 Å². The minimum atomic E-state index is -0.460. The van der Waals surface area contributed by atoms with Gasteiger partial charge < -0.3 is 9.30 Å². The molecule has 0 saturated heterocycles. The van der Waals surface area contributed by atoms with Gasteiger partial charge in [-0.3, -0.25) is 9.59 Å². The summed E-state index contributed by atoms with van der Waals surface area (Å²) in [6.45, 7) is 6.01. The van der Waals surface area contributed by atoms with Gasteiger partial charge in [-0.25, -0.2) is 4.79 Å². The molecule has 0 aliphatic heterocycles. The molecule has 2 heterocycles. The molecule has 28 heavy (non-hydrogen) atoms. The zero-order valence-corrected chi connectivity index (χ0v) is 17.5. The Balaban J connectivity index is 2.11. The number of pyridine rings is 1. The zero-order valence-electron chi connectivity index (χ0n) is 16.7. The Morgan fingerprint density at radius 1 is 1.32 bits per heavy atom. The number of rotatable bonds is 7. The molecule has 3 rings (SSSR count). The first kappa shape index (κ1) is 20.3. The van der Waals surface area contributed by atoms with Crippen LogP contribution < -0.4 is 5.56 Å². The second kappa shape index (κ2) is 8.27. The molecule has 5 nitrogen and oxygen atoms in total. The van der Waals surface area contributed by atoms with Crippen LogP contribution in [-0.4, -0.2) is 22.9 Å². The van der Waals surface area contributed by atoms with Gasteiger partial charge in [0, 0.05) is 52.7 Å². The maximum atomic E-state index is 13.0. The molecule has 148 valence electrons. The Kier molecular flexibility index (Phi) is 5.98. The molecule has 0 unspecified atom stereocenters. The number of ketones is 1. The fourth-order valence-electron chi connectivity index (χ4n) is 3.16. The highest BCUT2D eigenvalue weighted by molar-refractivity contribution is 7.16. The minimum Gasteiger partial charge on any atom is -0.463 e. The van der Waals surface area contributed by atoms with Gasteiger partial charge in [-0.1, -0.05) is 0 Å². The summed E-state index contributed by atoms with van der Waals surface area (Å²) >= 11 is 1.56. The number of carbonyl (C=O) groups is 2. The Morgan fingerprint density at radius 2 is 2.04 bits per heavy atom. The maximum absolute atomic E-state index is 13.0. The van der Waals surface area contributed by atoms with E-state index in [2.05, 4.69) is 0 Å². The SMILES string of the molecule is CCOC(=O)/C=C/c1cc(=O)n(C)cc1-c1sc(C)c(C)c1C(=O)CC1CC1. The maximum Gasteiger partial charge on any atom is 0.330 e. The van der Waals surface area contributed by atoms with E-state index in [0.29, 0.717) is 17.9 Å². The van der Waals surface area contributed by atoms with Crippen molar-refractivity contribution < 1.29 is 14.3 Å². The highest BCUT2D eigenvalue weighted by Gasteiger charge is 2.29. The van der Waals surface area contributed by atoms with E-state index in [9.17, 15) is 14.4 Å². The average molecular weight is 400 g/mol. The number of esters is 1. The number of ether oxygens (including phenoxy) is 1. The van der Waals surface area contributed by atoms with E-state index in [1.807, 2.05) is 13.8 Å². The van der Waals surface area contributed by atoms with Crippen LogP contribution in [0.25, 0.3) is 16.5 Å². The lowest BCUT2D eigenvalue weighted by Gasteiger charge is -2.10. The molecule has 0 atom stereocenters. The number of hydrogen-bond acceptors (Lipinski definition) is 5. The van der Waals surface area contributed by atoms with Crippen LogP contribution in [0.3, 0.4) is 0 Å². The van der Waals surface area contributed by atoms with Crippen LogP contribution in [0.1, 0.15) is 52.5 Å². The van der Waals surface area contributed by atoms with Crippen LogP contribution >= 0.6 is 11.3 Å². The van der Waals surface area contributed by atoms with Gasteiger partial charge in [-0.15, -0.1) is 11.3 Å². The van der Waals surface area contributed by atoms with E-state index < -0.39 is 5.97 Å². The molecule has 0 radical (unpaired) electrons. The van der Waals surface area contributed by atoms with Crippen molar-refractivity contribution >= 4 is 29.2 Å².